The van der Waals surface area contributed by atoms with Crippen molar-refractivity contribution < 1.29 is 4.92 Å². The Bertz CT molecular complexity index is 321. The molecule has 0 amide bonds. The van der Waals surface area contributed by atoms with Gasteiger partial charge in [-0.05, 0) is 39.4 Å². The van der Waals surface area contributed by atoms with Gasteiger partial charge in [0.15, 0.2) is 3.70 Å². The molecule has 0 N–H and O–H groups in total. The van der Waals surface area contributed by atoms with E-state index in [0.717, 1.165) is 0 Å². The smallest absolute Gasteiger partial charge is 0.358 e. The molecule has 0 aliphatic heterocycles. The van der Waals surface area contributed by atoms with Gasteiger partial charge in [-0.1, -0.05) is 0 Å². The normalized spacial score (nSPS) is 10.2. The average molecular weight is 281 g/mol. The van der Waals surface area contributed by atoms with E-state index >= 15 is 0 Å². The molecule has 6 heteroatoms. The van der Waals surface area contributed by atoms with E-state index < -0.39 is 4.92 Å². The zero-order valence-electron chi connectivity index (χ0n) is 6.74. The van der Waals surface area contributed by atoms with Crippen LogP contribution in [-0.4, -0.2) is 14.5 Å². The fraction of sp³-hybridized carbons (Fsp3) is 0.500. The molecule has 12 heavy (non-hydrogen) atoms. The average Bonchev–Trinajstić information content (AvgIpc) is 2.27. The standard InChI is InChI=1S/C6H8IN3O2/c1-3-9-4(2)8-6(5(9)7)10(11)12/h3H2,1-2H3. The molecule has 0 saturated carbocycles. The van der Waals surface area contributed by atoms with Gasteiger partial charge in [0.2, 0.25) is 5.82 Å². The van der Waals surface area contributed by atoms with Crippen LogP contribution in [0.1, 0.15) is 12.7 Å². The second kappa shape index (κ2) is 3.38. The predicted molar refractivity (Wildman–Crippen MR) is 52.0 cm³/mol. The molecular formula is C6H8IN3O2. The van der Waals surface area contributed by atoms with Crippen molar-refractivity contribution in [1.29, 1.82) is 0 Å². The minimum absolute atomic E-state index is 0.0463. The Morgan fingerprint density at radius 1 is 1.75 bits per heavy atom. The largest absolute Gasteiger partial charge is 0.395 e. The highest BCUT2D eigenvalue weighted by atomic mass is 127. The van der Waals surface area contributed by atoms with Crippen LogP contribution in [0.2, 0.25) is 0 Å². The third-order valence-electron chi connectivity index (χ3n) is 1.57. The number of hydrogen-bond acceptors (Lipinski definition) is 3. The van der Waals surface area contributed by atoms with E-state index in [1.54, 1.807) is 11.5 Å². The summed E-state index contributed by atoms with van der Waals surface area (Å²) in [4.78, 5) is 13.8. The first-order valence-corrected chi connectivity index (χ1v) is 4.52. The van der Waals surface area contributed by atoms with Crippen LogP contribution in [0.15, 0.2) is 0 Å². The molecule has 0 atom stereocenters. The summed E-state index contributed by atoms with van der Waals surface area (Å²) < 4.78 is 2.40. The van der Waals surface area contributed by atoms with Gasteiger partial charge in [-0.3, -0.25) is 4.57 Å². The maximum absolute atomic E-state index is 10.4. The molecule has 0 aliphatic rings. The summed E-state index contributed by atoms with van der Waals surface area (Å²) in [6.45, 7) is 4.41. The summed E-state index contributed by atoms with van der Waals surface area (Å²) in [6.07, 6.45) is 0. The first-order valence-electron chi connectivity index (χ1n) is 3.45. The van der Waals surface area contributed by atoms with E-state index in [2.05, 4.69) is 4.98 Å². The Morgan fingerprint density at radius 3 is 2.58 bits per heavy atom. The lowest BCUT2D eigenvalue weighted by Crippen LogP contribution is -1.99. The van der Waals surface area contributed by atoms with Gasteiger partial charge in [-0.15, -0.1) is 0 Å². The molecule has 0 radical (unpaired) electrons. The van der Waals surface area contributed by atoms with Crippen molar-refractivity contribution in [2.75, 3.05) is 0 Å². The highest BCUT2D eigenvalue weighted by molar-refractivity contribution is 14.1. The van der Waals surface area contributed by atoms with Gasteiger partial charge < -0.3 is 10.1 Å². The topological polar surface area (TPSA) is 61.0 Å². The van der Waals surface area contributed by atoms with Crippen LogP contribution in [0.3, 0.4) is 0 Å². The molecule has 1 aromatic rings. The maximum Gasteiger partial charge on any atom is 0.395 e. The van der Waals surface area contributed by atoms with E-state index in [1.165, 1.54) is 0 Å². The number of rotatable bonds is 2. The number of halogens is 1. The molecule has 0 saturated heterocycles. The Balaban J connectivity index is 3.26. The molecule has 1 aromatic heterocycles. The van der Waals surface area contributed by atoms with E-state index in [-0.39, 0.29) is 5.82 Å². The van der Waals surface area contributed by atoms with Crippen molar-refractivity contribution in [3.8, 4) is 0 Å². The van der Waals surface area contributed by atoms with Gasteiger partial charge >= 0.3 is 5.82 Å². The minimum atomic E-state index is -0.457. The van der Waals surface area contributed by atoms with Crippen LogP contribution in [0.25, 0.3) is 0 Å². The second-order valence-electron chi connectivity index (χ2n) is 2.27. The Labute approximate surface area is 83.1 Å². The molecule has 1 heterocycles. The van der Waals surface area contributed by atoms with Gasteiger partial charge in [0.1, 0.15) is 0 Å². The maximum atomic E-state index is 10.4. The minimum Gasteiger partial charge on any atom is -0.358 e. The van der Waals surface area contributed by atoms with Gasteiger partial charge in [0.25, 0.3) is 0 Å². The number of imidazole rings is 1. The van der Waals surface area contributed by atoms with Gasteiger partial charge in [-0.25, -0.2) is 0 Å². The first-order chi connectivity index (χ1) is 5.57. The SMILES string of the molecule is CCn1c(C)nc([N+](=O)[O-])c1I. The highest BCUT2D eigenvalue weighted by Gasteiger charge is 2.21. The summed E-state index contributed by atoms with van der Waals surface area (Å²) in [5.74, 6) is 0.642. The molecule has 0 fully saturated rings. The van der Waals surface area contributed by atoms with E-state index in [0.29, 0.717) is 16.1 Å². The lowest BCUT2D eigenvalue weighted by molar-refractivity contribution is -0.390. The second-order valence-corrected chi connectivity index (χ2v) is 3.30. The fourth-order valence-corrected chi connectivity index (χ4v) is 2.01. The number of aryl methyl sites for hydroxylation is 1. The third kappa shape index (κ3) is 1.43. The number of hydrogen-bond donors (Lipinski definition) is 0. The number of nitrogens with zero attached hydrogens (tertiary/aromatic N) is 3. The number of nitro groups is 1. The van der Waals surface area contributed by atoms with Crippen LogP contribution < -0.4 is 0 Å². The van der Waals surface area contributed by atoms with E-state index in [1.807, 2.05) is 29.5 Å². The summed E-state index contributed by atoms with van der Waals surface area (Å²) in [5.41, 5.74) is 0. The Hall–Kier alpha value is -0.660. The van der Waals surface area contributed by atoms with Gasteiger partial charge in [-0.2, -0.15) is 0 Å². The summed E-state index contributed by atoms with van der Waals surface area (Å²) in [6, 6.07) is 0. The van der Waals surface area contributed by atoms with Crippen LogP contribution in [0.4, 0.5) is 5.82 Å². The van der Waals surface area contributed by atoms with Crippen LogP contribution in [-0.2, 0) is 6.54 Å². The van der Waals surface area contributed by atoms with Gasteiger partial charge in [0.05, 0.1) is 0 Å². The van der Waals surface area contributed by atoms with E-state index in [9.17, 15) is 10.1 Å². The van der Waals surface area contributed by atoms with Crippen molar-refractivity contribution in [3.05, 3.63) is 19.6 Å². The van der Waals surface area contributed by atoms with Crippen molar-refractivity contribution in [2.24, 2.45) is 0 Å². The van der Waals surface area contributed by atoms with Crippen molar-refractivity contribution in [3.63, 3.8) is 0 Å². The lowest BCUT2D eigenvalue weighted by atomic mass is 10.6. The Morgan fingerprint density at radius 2 is 2.33 bits per heavy atom. The monoisotopic (exact) mass is 281 g/mol. The zero-order valence-corrected chi connectivity index (χ0v) is 8.90. The zero-order chi connectivity index (χ0) is 9.30. The molecule has 5 nitrogen and oxygen atoms in total. The highest BCUT2D eigenvalue weighted by Crippen LogP contribution is 2.20. The third-order valence-corrected chi connectivity index (χ3v) is 2.63. The summed E-state index contributed by atoms with van der Waals surface area (Å²) >= 11 is 1.94. The van der Waals surface area contributed by atoms with Gasteiger partial charge in [0, 0.05) is 13.5 Å². The lowest BCUT2D eigenvalue weighted by Gasteiger charge is -1.96. The van der Waals surface area contributed by atoms with E-state index in [4.69, 9.17) is 0 Å². The van der Waals surface area contributed by atoms with Crippen molar-refractivity contribution in [1.82, 2.24) is 9.55 Å². The van der Waals surface area contributed by atoms with Crippen LogP contribution in [0, 0.1) is 20.7 Å². The first kappa shape index (κ1) is 9.43. The molecule has 0 unspecified atom stereocenters. The molecule has 1 rings (SSSR count). The quantitative estimate of drug-likeness (QED) is 0.471. The predicted octanol–water partition coefficient (Wildman–Crippen LogP) is 1.72. The Kier molecular flexibility index (Phi) is 2.65. The summed E-state index contributed by atoms with van der Waals surface area (Å²) in [5, 5.41) is 10.4. The van der Waals surface area contributed by atoms with Crippen LogP contribution in [0.5, 0.6) is 0 Å². The molecule has 0 bridgehead atoms. The molecule has 0 spiro atoms. The van der Waals surface area contributed by atoms with Crippen LogP contribution >= 0.6 is 22.6 Å². The number of aromatic nitrogens is 2. The molecule has 66 valence electrons. The molecule has 0 aromatic carbocycles. The molecular weight excluding hydrogens is 273 g/mol. The van der Waals surface area contributed by atoms with Crippen molar-refractivity contribution in [2.45, 2.75) is 20.4 Å². The fourth-order valence-electron chi connectivity index (χ4n) is 1.01. The van der Waals surface area contributed by atoms with Crippen molar-refractivity contribution >= 4 is 28.4 Å². The summed E-state index contributed by atoms with van der Waals surface area (Å²) in [7, 11) is 0. The molecule has 0 aliphatic carbocycles.